The molecule has 0 aromatic rings. The quantitative estimate of drug-likeness (QED) is 0.308. The Kier molecular flexibility index (Phi) is 5.13. The molecule has 2 aliphatic heterocycles. The lowest BCUT2D eigenvalue weighted by Gasteiger charge is -2.19. The summed E-state index contributed by atoms with van der Waals surface area (Å²) in [6.07, 6.45) is -0.634. The van der Waals surface area contributed by atoms with Crippen LogP contribution in [-0.2, 0) is 18.6 Å². The third kappa shape index (κ3) is 3.99. The van der Waals surface area contributed by atoms with E-state index in [1.807, 2.05) is 0 Å². The number of aliphatic hydroxyl groups is 2. The summed E-state index contributed by atoms with van der Waals surface area (Å²) in [5.74, 6) is -1.85. The van der Waals surface area contributed by atoms with Crippen molar-refractivity contribution in [3.63, 3.8) is 0 Å². The number of ether oxygens (including phenoxy) is 1. The zero-order valence-electron chi connectivity index (χ0n) is 11.3. The van der Waals surface area contributed by atoms with E-state index in [1.54, 1.807) is 0 Å². The number of carboxylic acid groups (broad SMARTS) is 1. The van der Waals surface area contributed by atoms with Gasteiger partial charge in [-0.15, -0.1) is 0 Å². The van der Waals surface area contributed by atoms with Gasteiger partial charge in [0, 0.05) is 0 Å². The first-order valence-electron chi connectivity index (χ1n) is 6.39. The van der Waals surface area contributed by atoms with Gasteiger partial charge in [-0.2, -0.15) is 0 Å². The summed E-state index contributed by atoms with van der Waals surface area (Å²) in [6, 6.07) is 0. The summed E-state index contributed by atoms with van der Waals surface area (Å²) in [7, 11) is -4.97. The fourth-order valence-corrected chi connectivity index (χ4v) is 2.64. The zero-order valence-corrected chi connectivity index (χ0v) is 12.2. The first kappa shape index (κ1) is 17.2. The minimum Gasteiger partial charge on any atom is -0.756 e. The first-order chi connectivity index (χ1) is 10.2. The van der Waals surface area contributed by atoms with E-state index in [1.165, 1.54) is 22.9 Å². The molecule has 0 radical (unpaired) electrons. The molecule has 4 N–H and O–H groups in total. The lowest BCUT2D eigenvalue weighted by molar-refractivity contribution is -0.617. The molecule has 2 unspecified atom stereocenters. The number of rotatable bonds is 5. The Morgan fingerprint density at radius 2 is 2.14 bits per heavy atom. The molecule has 10 nitrogen and oxygen atoms in total. The Hall–Kier alpha value is -1.13. The second-order valence-corrected chi connectivity index (χ2v) is 6.18. The molecule has 2 rings (SSSR count). The van der Waals surface area contributed by atoms with Crippen LogP contribution in [0.15, 0.2) is 12.2 Å². The van der Waals surface area contributed by atoms with Crippen LogP contribution >= 0.6 is 7.82 Å². The van der Waals surface area contributed by atoms with E-state index in [2.05, 4.69) is 4.52 Å². The first-order valence-corrected chi connectivity index (χ1v) is 7.89. The highest BCUT2D eigenvalue weighted by Crippen LogP contribution is 2.33. The van der Waals surface area contributed by atoms with Crippen LogP contribution in [0, 0.1) is 5.92 Å². The smallest absolute Gasteiger partial charge is 0.316 e. The van der Waals surface area contributed by atoms with Crippen molar-refractivity contribution in [2.24, 2.45) is 5.92 Å². The summed E-state index contributed by atoms with van der Waals surface area (Å²) < 4.78 is 21.4. The fraction of sp³-hybridized carbons (Fsp3) is 0.636. The average Bonchev–Trinajstić information content (AvgIpc) is 2.72. The maximum Gasteiger partial charge on any atom is 0.316 e. The van der Waals surface area contributed by atoms with Crippen molar-refractivity contribution in [3.8, 4) is 0 Å². The maximum absolute atomic E-state index is 11.0. The minimum atomic E-state index is -4.97. The second kappa shape index (κ2) is 6.55. The topological polar surface area (TPSA) is 160 Å². The van der Waals surface area contributed by atoms with Crippen molar-refractivity contribution in [2.75, 3.05) is 13.2 Å². The lowest BCUT2D eigenvalue weighted by Crippen LogP contribution is -2.42. The molecule has 0 spiro atoms. The standard InChI is InChI=1S/C11H16NO9P/c13-8-7(5-20-22(17,18)19)21-10(9(8)14)12-3-1-2-6(4-12)11(15)16/h1-3,6-10,13-14H,4-5H2,(H2-,15,16,17,18,19)/t6?,7-,8-,9-,10-/m1/s1. The number of aliphatic hydroxyl groups excluding tert-OH is 2. The predicted octanol–water partition coefficient (Wildman–Crippen LogP) is -2.74. The van der Waals surface area contributed by atoms with Crippen molar-refractivity contribution >= 4 is 20.0 Å². The molecule has 2 heterocycles. The van der Waals surface area contributed by atoms with Crippen molar-refractivity contribution in [1.29, 1.82) is 0 Å². The maximum atomic E-state index is 11.0. The Labute approximate surface area is 125 Å². The number of carbonyl (C=O) groups is 1. The van der Waals surface area contributed by atoms with Gasteiger partial charge < -0.3 is 34.4 Å². The van der Waals surface area contributed by atoms with Gasteiger partial charge in [-0.25, -0.2) is 4.58 Å². The molecule has 2 aliphatic rings. The van der Waals surface area contributed by atoms with Gasteiger partial charge in [0.2, 0.25) is 0 Å². The monoisotopic (exact) mass is 337 g/mol. The van der Waals surface area contributed by atoms with Gasteiger partial charge in [0.05, 0.1) is 6.61 Å². The van der Waals surface area contributed by atoms with Crippen LogP contribution in [0.4, 0.5) is 0 Å². The van der Waals surface area contributed by atoms with Gasteiger partial charge in [-0.3, -0.25) is 9.36 Å². The average molecular weight is 337 g/mol. The minimum absolute atomic E-state index is 0.0217. The SMILES string of the molecule is O=C(O)C1C=CC=[N+]([C@@H]2O[C@H](COP(=O)([O-])O)[C@@H](O)[C@H]2O)C1. The Morgan fingerprint density at radius 1 is 1.45 bits per heavy atom. The number of nitrogens with zero attached hydrogens (tertiary/aromatic N) is 1. The van der Waals surface area contributed by atoms with Gasteiger partial charge in [-0.1, -0.05) is 6.08 Å². The molecule has 6 atom stereocenters. The van der Waals surface area contributed by atoms with Gasteiger partial charge in [-0.05, 0) is 6.08 Å². The summed E-state index contributed by atoms with van der Waals surface area (Å²) in [4.78, 5) is 30.1. The number of hydrogen-bond donors (Lipinski definition) is 4. The van der Waals surface area contributed by atoms with Crippen molar-refractivity contribution in [2.45, 2.75) is 24.5 Å². The van der Waals surface area contributed by atoms with E-state index in [9.17, 15) is 24.5 Å². The number of allylic oxidation sites excluding steroid dienone is 1. The summed E-state index contributed by atoms with van der Waals surface area (Å²) in [6.45, 7) is -0.647. The highest BCUT2D eigenvalue weighted by molar-refractivity contribution is 7.44. The van der Waals surface area contributed by atoms with E-state index in [0.717, 1.165) is 0 Å². The highest BCUT2D eigenvalue weighted by Gasteiger charge is 2.49. The van der Waals surface area contributed by atoms with Gasteiger partial charge in [0.1, 0.15) is 18.1 Å². The summed E-state index contributed by atoms with van der Waals surface area (Å²) in [5.41, 5.74) is 0. The second-order valence-electron chi connectivity index (χ2n) is 4.99. The largest absolute Gasteiger partial charge is 0.756 e. The fourth-order valence-electron chi connectivity index (χ4n) is 2.30. The van der Waals surface area contributed by atoms with Crippen LogP contribution in [0.2, 0.25) is 0 Å². The van der Waals surface area contributed by atoms with E-state index in [-0.39, 0.29) is 6.54 Å². The normalized spacial score (nSPS) is 37.6. The van der Waals surface area contributed by atoms with Crippen molar-refractivity contribution in [3.05, 3.63) is 12.2 Å². The number of phosphoric acid groups is 1. The Balaban J connectivity index is 2.04. The molecule has 0 saturated carbocycles. The zero-order chi connectivity index (χ0) is 16.5. The third-order valence-electron chi connectivity index (χ3n) is 3.41. The number of carboxylic acids is 1. The van der Waals surface area contributed by atoms with Gasteiger partial charge in [0.25, 0.3) is 14.1 Å². The molecule has 0 amide bonds. The molecule has 1 fully saturated rings. The predicted molar refractivity (Wildman–Crippen MR) is 67.9 cm³/mol. The van der Waals surface area contributed by atoms with Crippen LogP contribution in [0.25, 0.3) is 0 Å². The van der Waals surface area contributed by atoms with Crippen LogP contribution < -0.4 is 4.89 Å². The molecule has 0 aromatic heterocycles. The molecule has 22 heavy (non-hydrogen) atoms. The molecular formula is C11H16NO9P. The summed E-state index contributed by atoms with van der Waals surface area (Å²) >= 11 is 0. The molecule has 0 aromatic carbocycles. The highest BCUT2D eigenvalue weighted by atomic mass is 31.2. The Morgan fingerprint density at radius 3 is 2.73 bits per heavy atom. The number of hydrogen-bond acceptors (Lipinski definition) is 7. The van der Waals surface area contributed by atoms with Crippen molar-refractivity contribution < 1.29 is 48.3 Å². The van der Waals surface area contributed by atoms with E-state index in [4.69, 9.17) is 14.7 Å². The van der Waals surface area contributed by atoms with Crippen molar-refractivity contribution in [1.82, 2.24) is 0 Å². The van der Waals surface area contributed by atoms with Crippen LogP contribution in [-0.4, -0.2) is 74.7 Å². The van der Waals surface area contributed by atoms with E-state index in [0.29, 0.717) is 0 Å². The molecule has 0 aliphatic carbocycles. The Bertz CT molecular complexity index is 542. The lowest BCUT2D eigenvalue weighted by atomic mass is 10.1. The van der Waals surface area contributed by atoms with Gasteiger partial charge in [0.15, 0.2) is 18.9 Å². The van der Waals surface area contributed by atoms with Gasteiger partial charge >= 0.3 is 5.97 Å². The summed E-state index contributed by atoms with van der Waals surface area (Å²) in [5, 5.41) is 28.8. The number of aliphatic carboxylic acids is 1. The molecule has 1 saturated heterocycles. The van der Waals surface area contributed by atoms with E-state index >= 15 is 0 Å². The molecular weight excluding hydrogens is 321 g/mol. The van der Waals surface area contributed by atoms with Crippen LogP contribution in [0.1, 0.15) is 0 Å². The molecule has 11 heteroatoms. The molecule has 124 valence electrons. The molecule has 0 bridgehead atoms. The van der Waals surface area contributed by atoms with E-state index < -0.39 is 50.9 Å². The third-order valence-corrected chi connectivity index (χ3v) is 3.89. The van der Waals surface area contributed by atoms with Crippen LogP contribution in [0.3, 0.4) is 0 Å². The number of phosphoric ester groups is 1. The van der Waals surface area contributed by atoms with Crippen LogP contribution in [0.5, 0.6) is 0 Å².